The minimum Gasteiger partial charge on any atom is -0.353 e. The number of nitrogens with zero attached hydrogens (tertiary/aromatic N) is 3. The molecule has 1 amide bonds. The molecular formula is C16H20N4O3. The molecule has 3 rings (SSSR count). The lowest BCUT2D eigenvalue weighted by molar-refractivity contribution is -0.121. The molecule has 7 heteroatoms. The number of aromatic nitrogens is 3. The average molecular weight is 316 g/mol. The first-order valence-electron chi connectivity index (χ1n) is 7.91. The molecule has 0 unspecified atom stereocenters. The van der Waals surface area contributed by atoms with E-state index in [1.54, 1.807) is 19.3 Å². The number of pyridine rings is 1. The van der Waals surface area contributed by atoms with Gasteiger partial charge in [-0.3, -0.25) is 9.59 Å². The van der Waals surface area contributed by atoms with Gasteiger partial charge in [-0.2, -0.15) is 4.98 Å². The smallest absolute Gasteiger partial charge is 0.250 e. The van der Waals surface area contributed by atoms with E-state index in [9.17, 15) is 9.59 Å². The van der Waals surface area contributed by atoms with Gasteiger partial charge < -0.3 is 14.4 Å². The number of rotatable bonds is 5. The Hall–Kier alpha value is -2.44. The molecular weight excluding hydrogens is 296 g/mol. The number of hydrogen-bond acceptors (Lipinski definition) is 5. The fourth-order valence-electron chi connectivity index (χ4n) is 2.79. The second-order valence-corrected chi connectivity index (χ2v) is 5.93. The SMILES string of the molecule is Cn1cc(-c2noc(CCC(=O)NC3CCCC3)n2)ccc1=O. The molecule has 0 spiro atoms. The normalized spacial score (nSPS) is 15.0. The van der Waals surface area contributed by atoms with Crippen molar-refractivity contribution >= 4 is 5.91 Å². The van der Waals surface area contributed by atoms with Crippen molar-refractivity contribution in [1.82, 2.24) is 20.0 Å². The highest BCUT2D eigenvalue weighted by atomic mass is 16.5. The molecule has 2 aromatic rings. The summed E-state index contributed by atoms with van der Waals surface area (Å²) in [6, 6.07) is 3.44. The van der Waals surface area contributed by atoms with Crippen molar-refractivity contribution in [3.63, 3.8) is 0 Å². The van der Waals surface area contributed by atoms with Gasteiger partial charge in [0.15, 0.2) is 0 Å². The fourth-order valence-corrected chi connectivity index (χ4v) is 2.79. The van der Waals surface area contributed by atoms with E-state index in [1.807, 2.05) is 0 Å². The quantitative estimate of drug-likeness (QED) is 0.901. The summed E-state index contributed by atoms with van der Waals surface area (Å²) >= 11 is 0. The van der Waals surface area contributed by atoms with E-state index in [0.29, 0.717) is 36.2 Å². The predicted molar refractivity (Wildman–Crippen MR) is 83.7 cm³/mol. The number of carbonyl (C=O) groups excluding carboxylic acids is 1. The summed E-state index contributed by atoms with van der Waals surface area (Å²) in [7, 11) is 1.67. The summed E-state index contributed by atoms with van der Waals surface area (Å²) in [6.07, 6.45) is 6.94. The molecule has 0 aliphatic heterocycles. The van der Waals surface area contributed by atoms with E-state index in [2.05, 4.69) is 15.5 Å². The topological polar surface area (TPSA) is 90.0 Å². The second kappa shape index (κ2) is 6.76. The zero-order valence-electron chi connectivity index (χ0n) is 13.1. The molecule has 1 aliphatic rings. The number of nitrogens with one attached hydrogen (secondary N) is 1. The van der Waals surface area contributed by atoms with Gasteiger partial charge in [-0.05, 0) is 18.9 Å². The summed E-state index contributed by atoms with van der Waals surface area (Å²) < 4.78 is 6.64. The molecule has 0 aromatic carbocycles. The molecule has 2 heterocycles. The molecule has 1 fully saturated rings. The lowest BCUT2D eigenvalue weighted by Gasteiger charge is -2.10. The third-order valence-corrected chi connectivity index (χ3v) is 4.10. The Bertz CT molecular complexity index is 744. The third-order valence-electron chi connectivity index (χ3n) is 4.10. The zero-order valence-corrected chi connectivity index (χ0v) is 13.1. The highest BCUT2D eigenvalue weighted by molar-refractivity contribution is 5.76. The molecule has 2 aromatic heterocycles. The van der Waals surface area contributed by atoms with Gasteiger partial charge >= 0.3 is 0 Å². The Labute approximate surface area is 133 Å². The second-order valence-electron chi connectivity index (χ2n) is 5.93. The minimum atomic E-state index is -0.0962. The average Bonchev–Trinajstić information content (AvgIpc) is 3.19. The van der Waals surface area contributed by atoms with Crippen molar-refractivity contribution in [3.05, 3.63) is 34.6 Å². The van der Waals surface area contributed by atoms with Gasteiger partial charge in [0, 0.05) is 43.8 Å². The maximum Gasteiger partial charge on any atom is 0.250 e. The number of aryl methyl sites for hydroxylation is 2. The lowest BCUT2D eigenvalue weighted by atomic mass is 10.2. The van der Waals surface area contributed by atoms with Gasteiger partial charge in [-0.1, -0.05) is 18.0 Å². The Kier molecular flexibility index (Phi) is 4.55. The van der Waals surface area contributed by atoms with Crippen LogP contribution in [0.15, 0.2) is 27.6 Å². The Morgan fingerprint density at radius 3 is 2.91 bits per heavy atom. The van der Waals surface area contributed by atoms with Crippen LogP contribution in [0.1, 0.15) is 38.0 Å². The molecule has 1 aliphatic carbocycles. The van der Waals surface area contributed by atoms with Crippen molar-refractivity contribution in [2.45, 2.75) is 44.6 Å². The lowest BCUT2D eigenvalue weighted by Crippen LogP contribution is -2.32. The number of hydrogen-bond donors (Lipinski definition) is 1. The van der Waals surface area contributed by atoms with Crippen LogP contribution < -0.4 is 10.9 Å². The van der Waals surface area contributed by atoms with Gasteiger partial charge in [0.05, 0.1) is 0 Å². The molecule has 1 N–H and O–H groups in total. The predicted octanol–water partition coefficient (Wildman–Crippen LogP) is 1.43. The van der Waals surface area contributed by atoms with Crippen LogP contribution in [0, 0.1) is 0 Å². The summed E-state index contributed by atoms with van der Waals surface area (Å²) in [6.45, 7) is 0. The van der Waals surface area contributed by atoms with Crippen molar-refractivity contribution in [3.8, 4) is 11.4 Å². The van der Waals surface area contributed by atoms with Crippen LogP contribution in [-0.2, 0) is 18.3 Å². The van der Waals surface area contributed by atoms with Crippen LogP contribution in [0.4, 0.5) is 0 Å². The van der Waals surface area contributed by atoms with Gasteiger partial charge in [-0.15, -0.1) is 0 Å². The largest absolute Gasteiger partial charge is 0.353 e. The molecule has 0 radical (unpaired) electrons. The molecule has 7 nitrogen and oxygen atoms in total. The molecule has 0 bridgehead atoms. The zero-order chi connectivity index (χ0) is 16.2. The molecule has 0 atom stereocenters. The van der Waals surface area contributed by atoms with Gasteiger partial charge in [0.1, 0.15) is 0 Å². The Morgan fingerprint density at radius 1 is 1.39 bits per heavy atom. The van der Waals surface area contributed by atoms with Crippen LogP contribution >= 0.6 is 0 Å². The van der Waals surface area contributed by atoms with E-state index in [-0.39, 0.29) is 11.5 Å². The van der Waals surface area contributed by atoms with Crippen molar-refractivity contribution in [2.75, 3.05) is 0 Å². The minimum absolute atomic E-state index is 0.0266. The van der Waals surface area contributed by atoms with Crippen LogP contribution in [-0.4, -0.2) is 26.7 Å². The van der Waals surface area contributed by atoms with Crippen molar-refractivity contribution in [1.29, 1.82) is 0 Å². The molecule has 0 saturated heterocycles. The first-order chi connectivity index (χ1) is 11.1. The van der Waals surface area contributed by atoms with Crippen LogP contribution in [0.3, 0.4) is 0 Å². The summed E-state index contributed by atoms with van der Waals surface area (Å²) in [5, 5.41) is 6.94. The molecule has 23 heavy (non-hydrogen) atoms. The first-order valence-corrected chi connectivity index (χ1v) is 7.91. The Balaban J connectivity index is 1.57. The van der Waals surface area contributed by atoms with Gasteiger partial charge in [0.25, 0.3) is 0 Å². The van der Waals surface area contributed by atoms with Crippen molar-refractivity contribution in [2.24, 2.45) is 7.05 Å². The van der Waals surface area contributed by atoms with E-state index in [1.165, 1.54) is 23.5 Å². The van der Waals surface area contributed by atoms with E-state index in [4.69, 9.17) is 4.52 Å². The highest BCUT2D eigenvalue weighted by Gasteiger charge is 2.17. The van der Waals surface area contributed by atoms with Crippen LogP contribution in [0.25, 0.3) is 11.4 Å². The number of carbonyl (C=O) groups is 1. The third kappa shape index (κ3) is 3.85. The summed E-state index contributed by atoms with van der Waals surface area (Å²) in [5.74, 6) is 0.876. The molecule has 122 valence electrons. The van der Waals surface area contributed by atoms with Crippen molar-refractivity contribution < 1.29 is 9.32 Å². The monoisotopic (exact) mass is 316 g/mol. The van der Waals surface area contributed by atoms with E-state index in [0.717, 1.165) is 12.8 Å². The van der Waals surface area contributed by atoms with Gasteiger partial charge in [0.2, 0.25) is 23.2 Å². The standard InChI is InChI=1S/C16H20N4O3/c1-20-10-11(6-9-15(20)22)16-18-14(23-19-16)8-7-13(21)17-12-4-2-3-5-12/h6,9-10,12H,2-5,7-8H2,1H3,(H,17,21). The van der Waals surface area contributed by atoms with Crippen LogP contribution in [0.2, 0.25) is 0 Å². The van der Waals surface area contributed by atoms with E-state index < -0.39 is 0 Å². The molecule has 1 saturated carbocycles. The summed E-state index contributed by atoms with van der Waals surface area (Å²) in [4.78, 5) is 27.6. The maximum atomic E-state index is 11.9. The Morgan fingerprint density at radius 2 is 2.17 bits per heavy atom. The number of amides is 1. The van der Waals surface area contributed by atoms with E-state index >= 15 is 0 Å². The fraction of sp³-hybridized carbons (Fsp3) is 0.500. The van der Waals surface area contributed by atoms with Crippen LogP contribution in [0.5, 0.6) is 0 Å². The first kappa shape index (κ1) is 15.5. The maximum absolute atomic E-state index is 11.9. The summed E-state index contributed by atoms with van der Waals surface area (Å²) in [5.41, 5.74) is 0.610. The van der Waals surface area contributed by atoms with Gasteiger partial charge in [-0.25, -0.2) is 0 Å². The highest BCUT2D eigenvalue weighted by Crippen LogP contribution is 2.18.